The molecule has 20 heavy (non-hydrogen) atoms. The number of piperidine rings is 1. The number of halogens is 1. The molecular weight excluding hydrogens is 280 g/mol. The first-order chi connectivity index (χ1) is 9.17. The summed E-state index contributed by atoms with van der Waals surface area (Å²) in [7, 11) is 3.15. The SMILES string of the molecule is COc1cc(O)cc(OC)c1[C@H](N)C1CCNCC1.Cl. The minimum absolute atomic E-state index is 0. The number of benzene rings is 1. The van der Waals surface area contributed by atoms with Crippen molar-refractivity contribution in [3.63, 3.8) is 0 Å². The predicted octanol–water partition coefficient (Wildman–Crippen LogP) is 1.83. The van der Waals surface area contributed by atoms with Crippen LogP contribution in [0.1, 0.15) is 24.4 Å². The molecule has 0 unspecified atom stereocenters. The quantitative estimate of drug-likeness (QED) is 0.791. The fourth-order valence-corrected chi connectivity index (χ4v) is 2.69. The van der Waals surface area contributed by atoms with Gasteiger partial charge < -0.3 is 25.6 Å². The van der Waals surface area contributed by atoms with Crippen LogP contribution in [0.3, 0.4) is 0 Å². The number of nitrogens with two attached hydrogens (primary N) is 1. The Balaban J connectivity index is 0.00000200. The van der Waals surface area contributed by atoms with E-state index in [-0.39, 0.29) is 24.2 Å². The van der Waals surface area contributed by atoms with Gasteiger partial charge in [-0.3, -0.25) is 0 Å². The van der Waals surface area contributed by atoms with E-state index in [2.05, 4.69) is 5.32 Å². The van der Waals surface area contributed by atoms with E-state index in [4.69, 9.17) is 15.2 Å². The molecule has 1 atom stereocenters. The topological polar surface area (TPSA) is 76.7 Å². The highest BCUT2D eigenvalue weighted by atomic mass is 35.5. The zero-order chi connectivity index (χ0) is 13.8. The van der Waals surface area contributed by atoms with Crippen LogP contribution in [-0.4, -0.2) is 32.4 Å². The van der Waals surface area contributed by atoms with Crippen LogP contribution in [0.2, 0.25) is 0 Å². The van der Waals surface area contributed by atoms with Crippen molar-refractivity contribution in [3.8, 4) is 17.2 Å². The molecule has 6 heteroatoms. The number of hydrogen-bond acceptors (Lipinski definition) is 5. The van der Waals surface area contributed by atoms with E-state index in [9.17, 15) is 5.11 Å². The maximum Gasteiger partial charge on any atom is 0.131 e. The highest BCUT2D eigenvalue weighted by Gasteiger charge is 2.27. The third-order valence-corrected chi connectivity index (χ3v) is 3.75. The number of hydrogen-bond donors (Lipinski definition) is 3. The molecule has 114 valence electrons. The van der Waals surface area contributed by atoms with E-state index >= 15 is 0 Å². The fourth-order valence-electron chi connectivity index (χ4n) is 2.69. The van der Waals surface area contributed by atoms with E-state index in [1.54, 1.807) is 26.4 Å². The molecule has 1 fully saturated rings. The number of aromatic hydroxyl groups is 1. The highest BCUT2D eigenvalue weighted by Crippen LogP contribution is 2.41. The molecule has 1 aliphatic heterocycles. The Labute approximate surface area is 125 Å². The van der Waals surface area contributed by atoms with E-state index in [1.807, 2.05) is 0 Å². The zero-order valence-corrected chi connectivity index (χ0v) is 12.7. The average molecular weight is 303 g/mol. The largest absolute Gasteiger partial charge is 0.508 e. The van der Waals surface area contributed by atoms with Crippen molar-refractivity contribution >= 4 is 12.4 Å². The van der Waals surface area contributed by atoms with Crippen LogP contribution in [0.4, 0.5) is 0 Å². The molecule has 0 saturated carbocycles. The van der Waals surface area contributed by atoms with Crippen molar-refractivity contribution in [1.29, 1.82) is 0 Å². The second-order valence-corrected chi connectivity index (χ2v) is 4.88. The lowest BCUT2D eigenvalue weighted by molar-refractivity contribution is 0.302. The summed E-state index contributed by atoms with van der Waals surface area (Å²) in [6.07, 6.45) is 2.07. The molecule has 0 spiro atoms. The molecule has 1 saturated heterocycles. The van der Waals surface area contributed by atoms with Gasteiger partial charge in [0.2, 0.25) is 0 Å². The van der Waals surface area contributed by atoms with Gasteiger partial charge in [0.1, 0.15) is 17.2 Å². The lowest BCUT2D eigenvalue weighted by Crippen LogP contribution is -2.34. The van der Waals surface area contributed by atoms with Gasteiger partial charge in [0, 0.05) is 18.2 Å². The van der Waals surface area contributed by atoms with Crippen molar-refractivity contribution in [2.45, 2.75) is 18.9 Å². The van der Waals surface area contributed by atoms with Crippen molar-refractivity contribution < 1.29 is 14.6 Å². The summed E-state index contributed by atoms with van der Waals surface area (Å²) in [6.45, 7) is 1.97. The number of nitrogens with one attached hydrogen (secondary N) is 1. The summed E-state index contributed by atoms with van der Waals surface area (Å²) >= 11 is 0. The van der Waals surface area contributed by atoms with Crippen molar-refractivity contribution in [3.05, 3.63) is 17.7 Å². The van der Waals surface area contributed by atoms with Gasteiger partial charge in [-0.15, -0.1) is 12.4 Å². The number of phenolic OH excluding ortho intramolecular Hbond substituents is 1. The number of phenols is 1. The Bertz CT molecular complexity index is 411. The molecular formula is C14H23ClN2O3. The van der Waals surface area contributed by atoms with Gasteiger partial charge in [-0.05, 0) is 31.8 Å². The molecule has 5 nitrogen and oxygen atoms in total. The van der Waals surface area contributed by atoms with Crippen molar-refractivity contribution in [1.82, 2.24) is 5.32 Å². The molecule has 0 radical (unpaired) electrons. The summed E-state index contributed by atoms with van der Waals surface area (Å²) in [5.41, 5.74) is 7.25. The van der Waals surface area contributed by atoms with Crippen molar-refractivity contribution in [2.75, 3.05) is 27.3 Å². The molecule has 1 aliphatic rings. The maximum atomic E-state index is 9.66. The van der Waals surface area contributed by atoms with E-state index in [1.165, 1.54) is 0 Å². The summed E-state index contributed by atoms with van der Waals surface area (Å²) in [5.74, 6) is 1.69. The lowest BCUT2D eigenvalue weighted by Gasteiger charge is -2.30. The third-order valence-electron chi connectivity index (χ3n) is 3.75. The molecule has 4 N–H and O–H groups in total. The summed E-state index contributed by atoms with van der Waals surface area (Å²) in [6, 6.07) is 3.02. The number of rotatable bonds is 4. The van der Waals surface area contributed by atoms with Gasteiger partial charge in [0.15, 0.2) is 0 Å². The molecule has 0 aliphatic carbocycles. The Morgan fingerprint density at radius 2 is 1.70 bits per heavy atom. The smallest absolute Gasteiger partial charge is 0.131 e. The molecule has 1 aromatic rings. The summed E-state index contributed by atoms with van der Waals surface area (Å²) < 4.78 is 10.7. The van der Waals surface area contributed by atoms with E-state index < -0.39 is 0 Å². The second kappa shape index (κ2) is 7.57. The first-order valence-electron chi connectivity index (χ1n) is 6.58. The Hall–Kier alpha value is -1.17. The molecule has 2 rings (SSSR count). The van der Waals surface area contributed by atoms with Gasteiger partial charge in [-0.2, -0.15) is 0 Å². The van der Waals surface area contributed by atoms with Gasteiger partial charge in [-0.1, -0.05) is 0 Å². The second-order valence-electron chi connectivity index (χ2n) is 4.88. The minimum atomic E-state index is -0.146. The maximum absolute atomic E-state index is 9.66. The van der Waals surface area contributed by atoms with Crippen LogP contribution in [0.5, 0.6) is 17.2 Å². The minimum Gasteiger partial charge on any atom is -0.508 e. The van der Waals surface area contributed by atoms with Crippen LogP contribution >= 0.6 is 12.4 Å². The fraction of sp³-hybridized carbons (Fsp3) is 0.571. The number of methoxy groups -OCH3 is 2. The van der Waals surface area contributed by atoms with Crippen LogP contribution in [0, 0.1) is 5.92 Å². The van der Waals surface area contributed by atoms with Gasteiger partial charge in [-0.25, -0.2) is 0 Å². The average Bonchev–Trinajstić information content (AvgIpc) is 2.46. The normalized spacial score (nSPS) is 17.1. The van der Waals surface area contributed by atoms with Crippen LogP contribution < -0.4 is 20.5 Å². The van der Waals surface area contributed by atoms with Crippen molar-refractivity contribution in [2.24, 2.45) is 11.7 Å². The molecule has 0 bridgehead atoms. The lowest BCUT2D eigenvalue weighted by atomic mass is 9.85. The highest BCUT2D eigenvalue weighted by molar-refractivity contribution is 5.85. The van der Waals surface area contributed by atoms with Gasteiger partial charge in [0.05, 0.1) is 19.8 Å². The standard InChI is InChI=1S/C14H22N2O3.ClH/c1-18-11-7-10(17)8-12(19-2)13(11)14(15)9-3-5-16-6-4-9;/h7-9,14,16-17H,3-6,15H2,1-2H3;1H/t14-;/m1./s1. The van der Waals surface area contributed by atoms with Crippen LogP contribution in [-0.2, 0) is 0 Å². The predicted molar refractivity (Wildman–Crippen MR) is 81.0 cm³/mol. The summed E-state index contributed by atoms with van der Waals surface area (Å²) in [5, 5.41) is 13.0. The van der Waals surface area contributed by atoms with Crippen LogP contribution in [0.25, 0.3) is 0 Å². The molecule has 0 amide bonds. The van der Waals surface area contributed by atoms with E-state index in [0.717, 1.165) is 31.5 Å². The first-order valence-corrected chi connectivity index (χ1v) is 6.58. The molecule has 0 aromatic heterocycles. The molecule has 1 heterocycles. The third kappa shape index (κ3) is 3.48. The Morgan fingerprint density at radius 1 is 1.20 bits per heavy atom. The Kier molecular flexibility index (Phi) is 6.39. The summed E-state index contributed by atoms with van der Waals surface area (Å²) in [4.78, 5) is 0. The Morgan fingerprint density at radius 3 is 2.15 bits per heavy atom. The molecule has 1 aromatic carbocycles. The monoisotopic (exact) mass is 302 g/mol. The zero-order valence-electron chi connectivity index (χ0n) is 11.9. The van der Waals surface area contributed by atoms with Crippen LogP contribution in [0.15, 0.2) is 12.1 Å². The van der Waals surface area contributed by atoms with E-state index in [0.29, 0.717) is 17.4 Å². The first kappa shape index (κ1) is 16.9. The number of ether oxygens (including phenoxy) is 2. The van der Waals surface area contributed by atoms with Gasteiger partial charge >= 0.3 is 0 Å². The van der Waals surface area contributed by atoms with Gasteiger partial charge in [0.25, 0.3) is 0 Å².